The lowest BCUT2D eigenvalue weighted by molar-refractivity contribution is -0.120. The van der Waals surface area contributed by atoms with Gasteiger partial charge in [0.05, 0.1) is 16.3 Å². The molecule has 2 aromatic rings. The molecule has 0 bridgehead atoms. The van der Waals surface area contributed by atoms with Crippen LogP contribution in [0, 0.1) is 0 Å². The van der Waals surface area contributed by atoms with Crippen molar-refractivity contribution in [1.29, 1.82) is 0 Å². The molecule has 0 fully saturated rings. The van der Waals surface area contributed by atoms with Crippen LogP contribution in [0.4, 0.5) is 5.69 Å². The Balaban J connectivity index is 1.79. The maximum absolute atomic E-state index is 12.4. The first-order valence-electron chi connectivity index (χ1n) is 6.88. The van der Waals surface area contributed by atoms with Crippen molar-refractivity contribution in [2.75, 3.05) is 23.8 Å². The molecule has 0 spiro atoms. The fourth-order valence-corrected chi connectivity index (χ4v) is 3.81. The number of rotatable bonds is 3. The van der Waals surface area contributed by atoms with Gasteiger partial charge in [-0.1, -0.05) is 30.3 Å². The van der Waals surface area contributed by atoms with Crippen LogP contribution in [-0.2, 0) is 14.6 Å². The Labute approximate surface area is 129 Å². The van der Waals surface area contributed by atoms with E-state index in [9.17, 15) is 13.2 Å². The molecule has 114 valence electrons. The van der Waals surface area contributed by atoms with Crippen molar-refractivity contribution in [2.45, 2.75) is 4.90 Å². The zero-order chi connectivity index (χ0) is 15.6. The largest absolute Gasteiger partial charge is 0.484 e. The number of amides is 1. The summed E-state index contributed by atoms with van der Waals surface area (Å²) in [5.74, 6) is 0.279. The molecular formula is C16H15NO4S. The number of hydrogen-bond acceptors (Lipinski definition) is 4. The summed E-state index contributed by atoms with van der Waals surface area (Å²) in [6.07, 6.45) is 0. The van der Waals surface area contributed by atoms with E-state index in [2.05, 4.69) is 0 Å². The monoisotopic (exact) mass is 317 g/mol. The molecule has 0 unspecified atom stereocenters. The van der Waals surface area contributed by atoms with E-state index < -0.39 is 9.84 Å². The molecular weight excluding hydrogens is 302 g/mol. The van der Waals surface area contributed by atoms with E-state index in [1.807, 2.05) is 18.2 Å². The van der Waals surface area contributed by atoms with Crippen molar-refractivity contribution < 1.29 is 17.9 Å². The molecule has 6 heteroatoms. The van der Waals surface area contributed by atoms with E-state index in [1.54, 1.807) is 30.3 Å². The average Bonchev–Trinajstić information content (AvgIpc) is 2.54. The Morgan fingerprint density at radius 3 is 2.50 bits per heavy atom. The van der Waals surface area contributed by atoms with Crippen molar-refractivity contribution in [3.63, 3.8) is 0 Å². The number of sulfone groups is 1. The molecule has 1 aliphatic rings. The van der Waals surface area contributed by atoms with Crippen LogP contribution in [0.5, 0.6) is 5.75 Å². The van der Waals surface area contributed by atoms with Gasteiger partial charge in [0.15, 0.2) is 16.4 Å². The predicted octanol–water partition coefficient (Wildman–Crippen LogP) is 1.89. The van der Waals surface area contributed by atoms with Crippen LogP contribution in [-0.4, -0.2) is 33.2 Å². The molecule has 0 aromatic heterocycles. The molecule has 0 aliphatic carbocycles. The van der Waals surface area contributed by atoms with E-state index in [1.165, 1.54) is 11.0 Å². The Kier molecular flexibility index (Phi) is 3.85. The Hall–Kier alpha value is -2.34. The molecule has 0 atom stereocenters. The lowest BCUT2D eigenvalue weighted by Gasteiger charge is -2.29. The van der Waals surface area contributed by atoms with Gasteiger partial charge in [-0.3, -0.25) is 4.79 Å². The fourth-order valence-electron chi connectivity index (χ4n) is 2.38. The minimum atomic E-state index is -3.31. The lowest BCUT2D eigenvalue weighted by atomic mass is 10.2. The van der Waals surface area contributed by atoms with Crippen LogP contribution in [0.15, 0.2) is 59.5 Å². The van der Waals surface area contributed by atoms with Gasteiger partial charge in [0.25, 0.3) is 5.91 Å². The summed E-state index contributed by atoms with van der Waals surface area (Å²) in [6.45, 7) is 0.0225. The third-order valence-electron chi connectivity index (χ3n) is 3.48. The number of benzene rings is 2. The number of para-hydroxylation sites is 2. The van der Waals surface area contributed by atoms with Gasteiger partial charge in [0.2, 0.25) is 0 Å². The minimum Gasteiger partial charge on any atom is -0.484 e. The van der Waals surface area contributed by atoms with Gasteiger partial charge < -0.3 is 9.64 Å². The van der Waals surface area contributed by atoms with E-state index in [-0.39, 0.29) is 29.7 Å². The second kappa shape index (κ2) is 5.81. The number of carbonyl (C=O) groups excluding carboxylic acids is 1. The molecule has 0 saturated heterocycles. The smallest absolute Gasteiger partial charge is 0.264 e. The Morgan fingerprint density at radius 2 is 1.73 bits per heavy atom. The summed E-state index contributed by atoms with van der Waals surface area (Å²) >= 11 is 0. The van der Waals surface area contributed by atoms with Crippen molar-refractivity contribution in [3.05, 3.63) is 54.6 Å². The number of ether oxygens (including phenoxy) is 1. The molecule has 1 heterocycles. The highest BCUT2D eigenvalue weighted by molar-refractivity contribution is 7.91. The van der Waals surface area contributed by atoms with Crippen LogP contribution in [0.25, 0.3) is 0 Å². The molecule has 0 radical (unpaired) electrons. The van der Waals surface area contributed by atoms with Crippen LogP contribution in [0.3, 0.4) is 0 Å². The molecule has 1 amide bonds. The maximum atomic E-state index is 12.4. The normalized spacial score (nSPS) is 15.9. The first-order valence-corrected chi connectivity index (χ1v) is 8.53. The zero-order valence-corrected chi connectivity index (χ0v) is 12.6. The second-order valence-corrected chi connectivity index (χ2v) is 7.01. The van der Waals surface area contributed by atoms with Gasteiger partial charge in [0, 0.05) is 6.54 Å². The molecule has 0 N–H and O–H groups in total. The van der Waals surface area contributed by atoms with Gasteiger partial charge >= 0.3 is 0 Å². The van der Waals surface area contributed by atoms with Crippen molar-refractivity contribution >= 4 is 21.4 Å². The number of carbonyl (C=O) groups is 1. The standard InChI is InChI=1S/C16H15NO4S/c18-16(12-21-13-6-2-1-3-7-13)17-10-11-22(19,20)15-9-5-4-8-14(15)17/h1-9H,10-12H2. The first-order chi connectivity index (χ1) is 10.6. The molecule has 22 heavy (non-hydrogen) atoms. The van der Waals surface area contributed by atoms with E-state index in [4.69, 9.17) is 4.74 Å². The summed E-state index contributed by atoms with van der Waals surface area (Å²) in [5, 5.41) is 0. The van der Waals surface area contributed by atoms with Crippen molar-refractivity contribution in [2.24, 2.45) is 0 Å². The van der Waals surface area contributed by atoms with Crippen LogP contribution in [0.1, 0.15) is 0 Å². The molecule has 3 rings (SSSR count). The number of hydrogen-bond donors (Lipinski definition) is 0. The van der Waals surface area contributed by atoms with E-state index >= 15 is 0 Å². The topological polar surface area (TPSA) is 63.7 Å². The van der Waals surface area contributed by atoms with Gasteiger partial charge in [0.1, 0.15) is 5.75 Å². The summed E-state index contributed by atoms with van der Waals surface area (Å²) in [7, 11) is -3.31. The van der Waals surface area contributed by atoms with Crippen molar-refractivity contribution in [1.82, 2.24) is 0 Å². The number of nitrogens with zero attached hydrogens (tertiary/aromatic N) is 1. The second-order valence-electron chi connectivity index (χ2n) is 4.93. The quantitative estimate of drug-likeness (QED) is 0.867. The molecule has 0 saturated carbocycles. The molecule has 1 aliphatic heterocycles. The third-order valence-corrected chi connectivity index (χ3v) is 5.22. The number of fused-ring (bicyclic) bond motifs is 1. The SMILES string of the molecule is O=C(COc1ccccc1)N1CCS(=O)(=O)c2ccccc21. The Bertz CT molecular complexity index is 787. The van der Waals surface area contributed by atoms with Crippen LogP contribution >= 0.6 is 0 Å². The molecule has 5 nitrogen and oxygen atoms in total. The lowest BCUT2D eigenvalue weighted by Crippen LogP contribution is -2.42. The summed E-state index contributed by atoms with van der Waals surface area (Å²) in [5.41, 5.74) is 0.426. The Morgan fingerprint density at radius 1 is 1.05 bits per heavy atom. The first kappa shape index (κ1) is 14.6. The maximum Gasteiger partial charge on any atom is 0.264 e. The van der Waals surface area contributed by atoms with Gasteiger partial charge in [-0.05, 0) is 24.3 Å². The average molecular weight is 317 g/mol. The van der Waals surface area contributed by atoms with Gasteiger partial charge in [-0.2, -0.15) is 0 Å². The predicted molar refractivity (Wildman–Crippen MR) is 82.8 cm³/mol. The minimum absolute atomic E-state index is 0.0684. The van der Waals surface area contributed by atoms with Crippen LogP contribution < -0.4 is 9.64 Å². The highest BCUT2D eigenvalue weighted by Crippen LogP contribution is 2.30. The van der Waals surface area contributed by atoms with Gasteiger partial charge in [-0.15, -0.1) is 0 Å². The number of anilines is 1. The highest BCUT2D eigenvalue weighted by Gasteiger charge is 2.31. The summed E-state index contributed by atoms with van der Waals surface area (Å²) in [4.78, 5) is 14.0. The third kappa shape index (κ3) is 2.82. The van der Waals surface area contributed by atoms with Crippen LogP contribution in [0.2, 0.25) is 0 Å². The highest BCUT2D eigenvalue weighted by atomic mass is 32.2. The van der Waals surface area contributed by atoms with Crippen molar-refractivity contribution in [3.8, 4) is 5.75 Å². The van der Waals surface area contributed by atoms with Gasteiger partial charge in [-0.25, -0.2) is 8.42 Å². The zero-order valence-electron chi connectivity index (χ0n) is 11.8. The summed E-state index contributed by atoms with van der Waals surface area (Å²) in [6, 6.07) is 15.6. The molecule has 2 aromatic carbocycles. The fraction of sp³-hybridized carbons (Fsp3) is 0.188. The van der Waals surface area contributed by atoms with E-state index in [0.717, 1.165) is 0 Å². The summed E-state index contributed by atoms with van der Waals surface area (Å²) < 4.78 is 29.5. The van der Waals surface area contributed by atoms with E-state index in [0.29, 0.717) is 11.4 Å².